The van der Waals surface area contributed by atoms with Gasteiger partial charge < -0.3 is 5.32 Å². The minimum absolute atomic E-state index is 0.128. The van der Waals surface area contributed by atoms with Crippen molar-refractivity contribution in [3.05, 3.63) is 35.1 Å². The summed E-state index contributed by atoms with van der Waals surface area (Å²) in [5.41, 5.74) is 2.32. The van der Waals surface area contributed by atoms with Crippen LogP contribution in [0, 0.1) is 12.7 Å². The highest BCUT2D eigenvalue weighted by molar-refractivity contribution is 5.27. The van der Waals surface area contributed by atoms with Crippen molar-refractivity contribution >= 4 is 0 Å². The number of hydrogen-bond donors (Lipinski definition) is 1. The molecule has 0 spiro atoms. The molecular formula is C15H24FN. The first-order valence-electron chi connectivity index (χ1n) is 6.65. The molecule has 0 bridgehead atoms. The summed E-state index contributed by atoms with van der Waals surface area (Å²) in [5, 5.41) is 3.54. The number of aryl methyl sites for hydroxylation is 1. The van der Waals surface area contributed by atoms with Crippen molar-refractivity contribution < 1.29 is 4.39 Å². The van der Waals surface area contributed by atoms with Crippen LogP contribution in [0.1, 0.15) is 44.2 Å². The molecule has 0 radical (unpaired) electrons. The molecule has 1 nitrogen and oxygen atoms in total. The largest absolute Gasteiger partial charge is 0.314 e. The Morgan fingerprint density at radius 1 is 1.24 bits per heavy atom. The van der Waals surface area contributed by atoms with E-state index >= 15 is 0 Å². The Bertz CT molecular complexity index is 336. The SMILES string of the molecule is CCCNC(CCC)Cc1cc(F)ccc1C. The Hall–Kier alpha value is -0.890. The molecule has 0 saturated carbocycles. The van der Waals surface area contributed by atoms with E-state index in [-0.39, 0.29) is 5.82 Å². The maximum atomic E-state index is 13.2. The molecule has 1 unspecified atom stereocenters. The minimum Gasteiger partial charge on any atom is -0.314 e. The normalized spacial score (nSPS) is 12.7. The molecule has 0 aliphatic heterocycles. The highest BCUT2D eigenvalue weighted by Crippen LogP contribution is 2.14. The Balaban J connectivity index is 2.67. The first-order chi connectivity index (χ1) is 8.17. The van der Waals surface area contributed by atoms with E-state index in [1.807, 2.05) is 6.07 Å². The summed E-state index contributed by atoms with van der Waals surface area (Å²) in [5.74, 6) is -0.128. The molecular weight excluding hydrogens is 213 g/mol. The summed E-state index contributed by atoms with van der Waals surface area (Å²) < 4.78 is 13.2. The van der Waals surface area contributed by atoms with Crippen LogP contribution < -0.4 is 5.32 Å². The number of hydrogen-bond acceptors (Lipinski definition) is 1. The van der Waals surface area contributed by atoms with Gasteiger partial charge in [-0.2, -0.15) is 0 Å². The molecule has 0 aliphatic carbocycles. The molecule has 1 atom stereocenters. The number of halogens is 1. The lowest BCUT2D eigenvalue weighted by molar-refractivity contribution is 0.471. The number of benzene rings is 1. The molecule has 0 amide bonds. The molecule has 0 aromatic heterocycles. The van der Waals surface area contributed by atoms with Crippen molar-refractivity contribution in [2.75, 3.05) is 6.54 Å². The predicted octanol–water partition coefficient (Wildman–Crippen LogP) is 3.84. The smallest absolute Gasteiger partial charge is 0.123 e. The molecule has 1 aromatic rings. The van der Waals surface area contributed by atoms with Gasteiger partial charge in [0.25, 0.3) is 0 Å². The molecule has 0 fully saturated rings. The molecule has 17 heavy (non-hydrogen) atoms. The molecule has 1 aromatic carbocycles. The van der Waals surface area contributed by atoms with E-state index < -0.39 is 0 Å². The van der Waals surface area contributed by atoms with E-state index in [1.165, 1.54) is 11.6 Å². The fraction of sp³-hybridized carbons (Fsp3) is 0.600. The lowest BCUT2D eigenvalue weighted by Crippen LogP contribution is -2.31. The van der Waals surface area contributed by atoms with Gasteiger partial charge in [-0.15, -0.1) is 0 Å². The maximum absolute atomic E-state index is 13.2. The van der Waals surface area contributed by atoms with Crippen LogP contribution in [0.5, 0.6) is 0 Å². The lowest BCUT2D eigenvalue weighted by atomic mass is 9.98. The zero-order valence-electron chi connectivity index (χ0n) is 11.2. The topological polar surface area (TPSA) is 12.0 Å². The van der Waals surface area contributed by atoms with Gasteiger partial charge in [-0.3, -0.25) is 0 Å². The molecule has 0 saturated heterocycles. The third-order valence-electron chi connectivity index (χ3n) is 3.10. The van der Waals surface area contributed by atoms with Crippen molar-refractivity contribution in [3.63, 3.8) is 0 Å². The summed E-state index contributed by atoms with van der Waals surface area (Å²) in [6, 6.07) is 5.55. The monoisotopic (exact) mass is 237 g/mol. The zero-order chi connectivity index (χ0) is 12.7. The summed E-state index contributed by atoms with van der Waals surface area (Å²) in [6.07, 6.45) is 4.38. The van der Waals surface area contributed by atoms with Gasteiger partial charge in [0, 0.05) is 6.04 Å². The van der Waals surface area contributed by atoms with E-state index in [4.69, 9.17) is 0 Å². The summed E-state index contributed by atoms with van der Waals surface area (Å²) >= 11 is 0. The van der Waals surface area contributed by atoms with Crippen molar-refractivity contribution in [1.82, 2.24) is 5.32 Å². The average Bonchev–Trinajstić information content (AvgIpc) is 2.31. The van der Waals surface area contributed by atoms with Gasteiger partial charge in [-0.1, -0.05) is 26.3 Å². The van der Waals surface area contributed by atoms with Gasteiger partial charge >= 0.3 is 0 Å². The first-order valence-corrected chi connectivity index (χ1v) is 6.65. The van der Waals surface area contributed by atoms with Gasteiger partial charge in [0.2, 0.25) is 0 Å². The van der Waals surface area contributed by atoms with Gasteiger partial charge in [0.15, 0.2) is 0 Å². The van der Waals surface area contributed by atoms with Crippen LogP contribution in [-0.4, -0.2) is 12.6 Å². The zero-order valence-corrected chi connectivity index (χ0v) is 11.2. The third-order valence-corrected chi connectivity index (χ3v) is 3.10. The van der Waals surface area contributed by atoms with Crippen LogP contribution in [0.15, 0.2) is 18.2 Å². The highest BCUT2D eigenvalue weighted by Gasteiger charge is 2.10. The highest BCUT2D eigenvalue weighted by atomic mass is 19.1. The maximum Gasteiger partial charge on any atom is 0.123 e. The first kappa shape index (κ1) is 14.2. The van der Waals surface area contributed by atoms with Gasteiger partial charge in [0.05, 0.1) is 0 Å². The van der Waals surface area contributed by atoms with E-state index in [0.717, 1.165) is 37.8 Å². The summed E-state index contributed by atoms with van der Waals surface area (Å²) in [6.45, 7) is 7.46. The van der Waals surface area contributed by atoms with Crippen LogP contribution in [0.3, 0.4) is 0 Å². The van der Waals surface area contributed by atoms with Crippen LogP contribution in [0.4, 0.5) is 4.39 Å². The van der Waals surface area contributed by atoms with Crippen molar-refractivity contribution in [2.45, 2.75) is 52.5 Å². The van der Waals surface area contributed by atoms with E-state index in [9.17, 15) is 4.39 Å². The van der Waals surface area contributed by atoms with E-state index in [1.54, 1.807) is 6.07 Å². The number of nitrogens with one attached hydrogen (secondary N) is 1. The number of rotatable bonds is 7. The van der Waals surface area contributed by atoms with Gasteiger partial charge in [-0.25, -0.2) is 4.39 Å². The quantitative estimate of drug-likeness (QED) is 0.759. The molecule has 2 heteroatoms. The van der Waals surface area contributed by atoms with Crippen molar-refractivity contribution in [1.29, 1.82) is 0 Å². The molecule has 96 valence electrons. The molecule has 0 aliphatic rings. The van der Waals surface area contributed by atoms with Crippen molar-refractivity contribution in [2.24, 2.45) is 0 Å². The second kappa shape index (κ2) is 7.44. The van der Waals surface area contributed by atoms with Crippen molar-refractivity contribution in [3.8, 4) is 0 Å². The Morgan fingerprint density at radius 3 is 2.65 bits per heavy atom. The summed E-state index contributed by atoms with van der Waals surface area (Å²) in [4.78, 5) is 0. The van der Waals surface area contributed by atoms with Crippen LogP contribution in [-0.2, 0) is 6.42 Å². The Kier molecular flexibility index (Phi) is 6.20. The third kappa shape index (κ3) is 4.86. The molecule has 1 N–H and O–H groups in total. The minimum atomic E-state index is -0.128. The Labute approximate surface area is 104 Å². The predicted molar refractivity (Wildman–Crippen MR) is 71.8 cm³/mol. The van der Waals surface area contributed by atoms with Crippen LogP contribution >= 0.6 is 0 Å². The van der Waals surface area contributed by atoms with Crippen LogP contribution in [0.25, 0.3) is 0 Å². The van der Waals surface area contributed by atoms with Gasteiger partial charge in [0.1, 0.15) is 5.82 Å². The van der Waals surface area contributed by atoms with Gasteiger partial charge in [-0.05, 0) is 56.0 Å². The lowest BCUT2D eigenvalue weighted by Gasteiger charge is -2.19. The summed E-state index contributed by atoms with van der Waals surface area (Å²) in [7, 11) is 0. The molecule has 1 rings (SSSR count). The Morgan fingerprint density at radius 2 is 2.00 bits per heavy atom. The second-order valence-electron chi connectivity index (χ2n) is 4.71. The average molecular weight is 237 g/mol. The van der Waals surface area contributed by atoms with E-state index in [0.29, 0.717) is 6.04 Å². The standard InChI is InChI=1S/C15H24FN/c1-4-6-15(17-9-5-2)11-13-10-14(16)8-7-12(13)3/h7-8,10,15,17H,4-6,9,11H2,1-3H3. The second-order valence-corrected chi connectivity index (χ2v) is 4.71. The van der Waals surface area contributed by atoms with E-state index in [2.05, 4.69) is 26.1 Å². The van der Waals surface area contributed by atoms with Crippen LogP contribution in [0.2, 0.25) is 0 Å². The molecule has 0 heterocycles. The fourth-order valence-corrected chi connectivity index (χ4v) is 2.10. The fourth-order valence-electron chi connectivity index (χ4n) is 2.10.